The van der Waals surface area contributed by atoms with Crippen molar-refractivity contribution in [3.63, 3.8) is 0 Å². The summed E-state index contributed by atoms with van der Waals surface area (Å²) in [6, 6.07) is 10.3. The fraction of sp³-hybridized carbons (Fsp3) is 0.381. The van der Waals surface area contributed by atoms with E-state index in [0.717, 1.165) is 38.9 Å². The fourth-order valence-corrected chi connectivity index (χ4v) is 4.30. The maximum absolute atomic E-state index is 13.1. The number of nitro benzene ring substituents is 1. The molecule has 2 aromatic carbocycles. The number of amides is 1. The summed E-state index contributed by atoms with van der Waals surface area (Å²) in [7, 11) is 0. The molecule has 0 aromatic heterocycles. The van der Waals surface area contributed by atoms with Crippen LogP contribution in [0.1, 0.15) is 36.5 Å². The molecule has 1 N–H and O–H groups in total. The minimum atomic E-state index is -0.494. The van der Waals surface area contributed by atoms with Crippen LogP contribution < -0.4 is 5.32 Å². The molecule has 0 bridgehead atoms. The fourth-order valence-electron chi connectivity index (χ4n) is 3.40. The van der Waals surface area contributed by atoms with Gasteiger partial charge in [-0.05, 0) is 62.2 Å². The highest BCUT2D eigenvalue weighted by Gasteiger charge is 2.23. The van der Waals surface area contributed by atoms with Crippen LogP contribution in [0.5, 0.6) is 0 Å². The molecule has 0 atom stereocenters. The molecular formula is C21H24FN3O3S. The minimum Gasteiger partial charge on any atom is -0.349 e. The zero-order valence-corrected chi connectivity index (χ0v) is 17.1. The lowest BCUT2D eigenvalue weighted by molar-refractivity contribution is -0.387. The van der Waals surface area contributed by atoms with Crippen molar-refractivity contribution < 1.29 is 14.1 Å². The second-order valence-corrected chi connectivity index (χ2v) is 8.20. The van der Waals surface area contributed by atoms with E-state index in [1.54, 1.807) is 24.3 Å². The number of nitrogens with one attached hydrogen (secondary N) is 1. The molecule has 0 unspecified atom stereocenters. The third-order valence-electron chi connectivity index (χ3n) is 4.92. The third-order valence-corrected chi connectivity index (χ3v) is 5.99. The van der Waals surface area contributed by atoms with Crippen LogP contribution in [0, 0.1) is 15.9 Å². The summed E-state index contributed by atoms with van der Waals surface area (Å²) in [5.74, 6) is -0.656. The van der Waals surface area contributed by atoms with E-state index in [2.05, 4.69) is 17.1 Å². The van der Waals surface area contributed by atoms with E-state index in [1.807, 2.05) is 0 Å². The van der Waals surface area contributed by atoms with E-state index < -0.39 is 4.92 Å². The largest absolute Gasteiger partial charge is 0.349 e. The SMILES string of the molecule is CCCN1CCC(NC(=O)c2ccc(Sc3ccc(F)cc3)c([N+](=O)[O-])c2)CC1. The molecule has 2 aromatic rings. The van der Waals surface area contributed by atoms with Gasteiger partial charge in [0.25, 0.3) is 11.6 Å². The Morgan fingerprint density at radius 2 is 1.93 bits per heavy atom. The summed E-state index contributed by atoms with van der Waals surface area (Å²) in [6.07, 6.45) is 2.88. The van der Waals surface area contributed by atoms with Gasteiger partial charge >= 0.3 is 0 Å². The van der Waals surface area contributed by atoms with E-state index >= 15 is 0 Å². The van der Waals surface area contributed by atoms with Gasteiger partial charge in [-0.3, -0.25) is 14.9 Å². The predicted octanol–water partition coefficient (Wildman–Crippen LogP) is 4.49. The average Bonchev–Trinajstić information content (AvgIpc) is 2.71. The summed E-state index contributed by atoms with van der Waals surface area (Å²) in [4.78, 5) is 27.1. The van der Waals surface area contributed by atoms with Crippen LogP contribution in [0.3, 0.4) is 0 Å². The monoisotopic (exact) mass is 417 g/mol. The first-order valence-corrected chi connectivity index (χ1v) is 10.5. The Hall–Kier alpha value is -2.45. The number of nitrogens with zero attached hydrogens (tertiary/aromatic N) is 2. The number of nitro groups is 1. The van der Waals surface area contributed by atoms with Gasteiger partial charge in [-0.2, -0.15) is 0 Å². The first-order valence-electron chi connectivity index (χ1n) is 9.71. The number of likely N-dealkylation sites (tertiary alicyclic amines) is 1. The lowest BCUT2D eigenvalue weighted by atomic mass is 10.0. The van der Waals surface area contributed by atoms with Gasteiger partial charge in [0.05, 0.1) is 9.82 Å². The average molecular weight is 418 g/mol. The molecule has 1 heterocycles. The molecule has 1 fully saturated rings. The quantitative estimate of drug-likeness (QED) is 0.531. The molecule has 154 valence electrons. The highest BCUT2D eigenvalue weighted by Crippen LogP contribution is 2.35. The highest BCUT2D eigenvalue weighted by atomic mass is 32.2. The maximum atomic E-state index is 13.1. The van der Waals surface area contributed by atoms with Crippen LogP contribution in [-0.2, 0) is 0 Å². The van der Waals surface area contributed by atoms with Crippen LogP contribution in [0.2, 0.25) is 0 Å². The summed E-state index contributed by atoms with van der Waals surface area (Å²) in [6.45, 7) is 5.12. The first kappa shape index (κ1) is 21.3. The molecule has 0 saturated carbocycles. The van der Waals surface area contributed by atoms with Crippen LogP contribution in [0.15, 0.2) is 52.3 Å². The van der Waals surface area contributed by atoms with E-state index in [1.165, 1.54) is 30.0 Å². The predicted molar refractivity (Wildman–Crippen MR) is 111 cm³/mol. The van der Waals surface area contributed by atoms with Gasteiger partial charge in [-0.15, -0.1) is 0 Å². The first-order chi connectivity index (χ1) is 14.0. The van der Waals surface area contributed by atoms with Crippen LogP contribution in [-0.4, -0.2) is 41.4 Å². The summed E-state index contributed by atoms with van der Waals surface area (Å²) in [5.41, 5.74) is 0.140. The molecule has 6 nitrogen and oxygen atoms in total. The summed E-state index contributed by atoms with van der Waals surface area (Å²) < 4.78 is 13.1. The molecule has 3 rings (SSSR count). The highest BCUT2D eigenvalue weighted by molar-refractivity contribution is 7.99. The van der Waals surface area contributed by atoms with Gasteiger partial charge < -0.3 is 10.2 Å². The van der Waals surface area contributed by atoms with Gasteiger partial charge in [-0.1, -0.05) is 18.7 Å². The number of hydrogen-bond donors (Lipinski definition) is 1. The lowest BCUT2D eigenvalue weighted by Crippen LogP contribution is -2.44. The Kier molecular flexibility index (Phi) is 7.22. The second-order valence-electron chi connectivity index (χ2n) is 7.08. The summed E-state index contributed by atoms with van der Waals surface area (Å²) >= 11 is 1.17. The normalized spacial score (nSPS) is 15.2. The minimum absolute atomic E-state index is 0.0860. The molecule has 0 radical (unpaired) electrons. The number of piperidine rings is 1. The smallest absolute Gasteiger partial charge is 0.284 e. The molecule has 1 aliphatic heterocycles. The Labute approximate surface area is 173 Å². The number of benzene rings is 2. The number of hydrogen-bond acceptors (Lipinski definition) is 5. The molecule has 8 heteroatoms. The Morgan fingerprint density at radius 3 is 2.55 bits per heavy atom. The van der Waals surface area contributed by atoms with Crippen molar-refractivity contribution in [2.24, 2.45) is 0 Å². The lowest BCUT2D eigenvalue weighted by Gasteiger charge is -2.32. The molecular weight excluding hydrogens is 393 g/mol. The van der Waals surface area contributed by atoms with Gasteiger partial charge in [0, 0.05) is 35.7 Å². The van der Waals surface area contributed by atoms with Crippen molar-refractivity contribution in [2.75, 3.05) is 19.6 Å². The third kappa shape index (κ3) is 5.77. The van der Waals surface area contributed by atoms with Crippen LogP contribution in [0.4, 0.5) is 10.1 Å². The molecule has 1 aliphatic rings. The zero-order valence-electron chi connectivity index (χ0n) is 16.3. The maximum Gasteiger partial charge on any atom is 0.284 e. The second kappa shape index (κ2) is 9.84. The Bertz CT molecular complexity index is 868. The van der Waals surface area contributed by atoms with E-state index in [0.29, 0.717) is 9.79 Å². The van der Waals surface area contributed by atoms with Gasteiger partial charge in [0.1, 0.15) is 5.82 Å². The molecule has 0 spiro atoms. The number of carbonyl (C=O) groups excluding carboxylic acids is 1. The molecule has 0 aliphatic carbocycles. The van der Waals surface area contributed by atoms with E-state index in [4.69, 9.17) is 0 Å². The zero-order chi connectivity index (χ0) is 20.8. The molecule has 1 saturated heterocycles. The summed E-state index contributed by atoms with van der Waals surface area (Å²) in [5, 5.41) is 14.5. The molecule has 29 heavy (non-hydrogen) atoms. The van der Waals surface area contributed by atoms with Gasteiger partial charge in [0.2, 0.25) is 0 Å². The van der Waals surface area contributed by atoms with Crippen molar-refractivity contribution >= 4 is 23.4 Å². The van der Waals surface area contributed by atoms with Crippen molar-refractivity contribution in [1.29, 1.82) is 0 Å². The van der Waals surface area contributed by atoms with E-state index in [9.17, 15) is 19.3 Å². The molecule has 1 amide bonds. The van der Waals surface area contributed by atoms with Crippen molar-refractivity contribution in [3.05, 3.63) is 64.0 Å². The standard InChI is InChI=1S/C21H24FN3O3S/c1-2-11-24-12-9-17(10-13-24)23-21(26)15-3-8-20(19(14-15)25(27)28)29-18-6-4-16(22)5-7-18/h3-8,14,17H,2,9-13H2,1H3,(H,23,26). The topological polar surface area (TPSA) is 75.5 Å². The Morgan fingerprint density at radius 1 is 1.24 bits per heavy atom. The van der Waals surface area contributed by atoms with E-state index in [-0.39, 0.29) is 29.0 Å². The van der Waals surface area contributed by atoms with Crippen molar-refractivity contribution in [2.45, 2.75) is 42.0 Å². The van der Waals surface area contributed by atoms with Gasteiger partial charge in [0.15, 0.2) is 0 Å². The number of rotatable bonds is 7. The Balaban J connectivity index is 1.68. The number of halogens is 1. The van der Waals surface area contributed by atoms with Gasteiger partial charge in [-0.25, -0.2) is 4.39 Å². The van der Waals surface area contributed by atoms with Crippen molar-refractivity contribution in [1.82, 2.24) is 10.2 Å². The van der Waals surface area contributed by atoms with Crippen LogP contribution in [0.25, 0.3) is 0 Å². The van der Waals surface area contributed by atoms with Crippen LogP contribution >= 0.6 is 11.8 Å². The number of carbonyl (C=O) groups is 1. The van der Waals surface area contributed by atoms with Crippen molar-refractivity contribution in [3.8, 4) is 0 Å².